The third-order valence-corrected chi connectivity index (χ3v) is 2.36. The first-order valence-electron chi connectivity index (χ1n) is 4.47. The molecule has 0 N–H and O–H groups in total. The Balaban J connectivity index is 2.17. The Morgan fingerprint density at radius 3 is 2.58 bits per heavy atom. The van der Waals surface area contributed by atoms with E-state index in [1.165, 1.54) is 12.0 Å². The summed E-state index contributed by atoms with van der Waals surface area (Å²) in [5, 5.41) is 0. The summed E-state index contributed by atoms with van der Waals surface area (Å²) >= 11 is 0. The molecule has 60 valence electrons. The van der Waals surface area contributed by atoms with Crippen LogP contribution in [0.5, 0.6) is 0 Å². The van der Waals surface area contributed by atoms with Crippen LogP contribution in [0.4, 0.5) is 0 Å². The molecule has 1 aliphatic rings. The largest absolute Gasteiger partial charge is 0.103 e. The van der Waals surface area contributed by atoms with Gasteiger partial charge in [0.25, 0.3) is 0 Å². The van der Waals surface area contributed by atoms with Gasteiger partial charge in [-0.3, -0.25) is 0 Å². The highest BCUT2D eigenvalue weighted by Crippen LogP contribution is 2.25. The van der Waals surface area contributed by atoms with Gasteiger partial charge in [0.15, 0.2) is 0 Å². The predicted octanol–water partition coefficient (Wildman–Crippen LogP) is 2.96. The fraction of sp³-hybridized carbons (Fsp3) is 0.333. The summed E-state index contributed by atoms with van der Waals surface area (Å²) in [4.78, 5) is 0. The molecule has 1 unspecified atom stereocenters. The van der Waals surface area contributed by atoms with Crippen molar-refractivity contribution in [1.29, 1.82) is 0 Å². The zero-order valence-electron chi connectivity index (χ0n) is 7.09. The van der Waals surface area contributed by atoms with E-state index in [1.807, 2.05) is 0 Å². The van der Waals surface area contributed by atoms with E-state index in [4.69, 9.17) is 0 Å². The molecule has 0 heteroatoms. The topological polar surface area (TPSA) is 0 Å². The zero-order chi connectivity index (χ0) is 8.23. The van der Waals surface area contributed by atoms with E-state index in [2.05, 4.69) is 42.2 Å². The van der Waals surface area contributed by atoms with Crippen molar-refractivity contribution in [3.63, 3.8) is 0 Å². The minimum absolute atomic E-state index is 0.687. The van der Waals surface area contributed by atoms with Crippen LogP contribution in [-0.2, 0) is 0 Å². The first kappa shape index (κ1) is 7.43. The zero-order valence-corrected chi connectivity index (χ0v) is 7.09. The molecule has 0 saturated heterocycles. The van der Waals surface area contributed by atoms with Crippen LogP contribution >= 0.6 is 0 Å². The molecular weight excluding hydrogens is 144 g/mol. The van der Waals surface area contributed by atoms with Gasteiger partial charge in [0, 0.05) is 12.8 Å². The highest BCUT2D eigenvalue weighted by atomic mass is 14.1. The molecule has 0 spiro atoms. The van der Waals surface area contributed by atoms with E-state index < -0.39 is 0 Å². The van der Waals surface area contributed by atoms with Crippen LogP contribution in [0.1, 0.15) is 30.7 Å². The fourth-order valence-corrected chi connectivity index (χ4v) is 1.64. The second-order valence-electron chi connectivity index (χ2n) is 3.20. The summed E-state index contributed by atoms with van der Waals surface area (Å²) in [6.07, 6.45) is 3.35. The molecule has 12 heavy (non-hydrogen) atoms. The van der Waals surface area contributed by atoms with Crippen LogP contribution in [0.25, 0.3) is 0 Å². The normalized spacial score (nSPS) is 21.2. The highest BCUT2D eigenvalue weighted by Gasteiger charge is 2.10. The third-order valence-electron chi connectivity index (χ3n) is 2.36. The molecule has 0 heterocycles. The molecular formula is C12H12. The maximum atomic E-state index is 3.18. The molecule has 0 fully saturated rings. The van der Waals surface area contributed by atoms with Crippen LogP contribution in [0.2, 0.25) is 0 Å². The first-order valence-corrected chi connectivity index (χ1v) is 4.47. The summed E-state index contributed by atoms with van der Waals surface area (Å²) in [6.45, 7) is 0. The average Bonchev–Trinajstić information content (AvgIpc) is 2.21. The number of hydrogen-bond acceptors (Lipinski definition) is 0. The lowest BCUT2D eigenvalue weighted by molar-refractivity contribution is 0.641. The molecule has 0 nitrogen and oxygen atoms in total. The van der Waals surface area contributed by atoms with E-state index in [-0.39, 0.29) is 0 Å². The van der Waals surface area contributed by atoms with Gasteiger partial charge < -0.3 is 0 Å². The quantitative estimate of drug-likeness (QED) is 0.548. The third kappa shape index (κ3) is 1.51. The standard InChI is InChI=1S/C12H12/c1-3-7-11(8-4-1)12-9-5-2-6-10-12/h1,3-4,7-8,12H,5,9-10H2. The first-order chi connectivity index (χ1) is 5.97. The van der Waals surface area contributed by atoms with Crippen molar-refractivity contribution in [1.82, 2.24) is 0 Å². The van der Waals surface area contributed by atoms with E-state index in [9.17, 15) is 0 Å². The summed E-state index contributed by atoms with van der Waals surface area (Å²) in [7, 11) is 0. The minimum atomic E-state index is 0.687. The van der Waals surface area contributed by atoms with Gasteiger partial charge in [0.1, 0.15) is 0 Å². The van der Waals surface area contributed by atoms with Crippen LogP contribution in [0, 0.1) is 11.8 Å². The van der Waals surface area contributed by atoms with Gasteiger partial charge in [0.2, 0.25) is 0 Å². The molecule has 1 aliphatic carbocycles. The van der Waals surface area contributed by atoms with Gasteiger partial charge in [-0.15, -0.1) is 11.8 Å². The molecule has 2 rings (SSSR count). The Bertz CT molecular complexity index is 300. The van der Waals surface area contributed by atoms with Crippen LogP contribution in [-0.4, -0.2) is 0 Å². The lowest BCUT2D eigenvalue weighted by Crippen LogP contribution is -2.00. The highest BCUT2D eigenvalue weighted by molar-refractivity contribution is 5.23. The molecule has 0 amide bonds. The SMILES string of the molecule is C1#CCC(c2ccccc2)CC1. The molecule has 0 bridgehead atoms. The maximum Gasteiger partial charge on any atom is 0.0158 e. The van der Waals surface area contributed by atoms with Crippen molar-refractivity contribution in [2.45, 2.75) is 25.2 Å². The molecule has 1 aromatic carbocycles. The number of hydrogen-bond donors (Lipinski definition) is 0. The number of benzene rings is 1. The van der Waals surface area contributed by atoms with E-state index in [0.29, 0.717) is 5.92 Å². The van der Waals surface area contributed by atoms with Gasteiger partial charge in [-0.05, 0) is 17.9 Å². The lowest BCUT2D eigenvalue weighted by Gasteiger charge is -2.15. The van der Waals surface area contributed by atoms with Crippen molar-refractivity contribution >= 4 is 0 Å². The second-order valence-corrected chi connectivity index (χ2v) is 3.20. The van der Waals surface area contributed by atoms with Gasteiger partial charge in [0.05, 0.1) is 0 Å². The number of rotatable bonds is 1. The van der Waals surface area contributed by atoms with Gasteiger partial charge in [-0.1, -0.05) is 30.3 Å². The van der Waals surface area contributed by atoms with Crippen molar-refractivity contribution < 1.29 is 0 Å². The molecule has 0 radical (unpaired) electrons. The van der Waals surface area contributed by atoms with Crippen molar-refractivity contribution in [2.75, 3.05) is 0 Å². The Hall–Kier alpha value is -1.22. The van der Waals surface area contributed by atoms with E-state index in [1.54, 1.807) is 0 Å². The monoisotopic (exact) mass is 156 g/mol. The van der Waals surface area contributed by atoms with Crippen molar-refractivity contribution in [3.8, 4) is 11.8 Å². The Kier molecular flexibility index (Phi) is 2.14. The Morgan fingerprint density at radius 2 is 1.92 bits per heavy atom. The second kappa shape index (κ2) is 3.45. The minimum Gasteiger partial charge on any atom is -0.103 e. The Labute approximate surface area is 73.6 Å². The molecule has 0 aromatic heterocycles. The summed E-state index contributed by atoms with van der Waals surface area (Å²) in [5.41, 5.74) is 1.45. The smallest absolute Gasteiger partial charge is 0.0158 e. The maximum absolute atomic E-state index is 3.18. The predicted molar refractivity (Wildman–Crippen MR) is 50.8 cm³/mol. The van der Waals surface area contributed by atoms with Crippen LogP contribution in [0.15, 0.2) is 30.3 Å². The van der Waals surface area contributed by atoms with Gasteiger partial charge in [-0.2, -0.15) is 0 Å². The lowest BCUT2D eigenvalue weighted by atomic mass is 9.89. The summed E-state index contributed by atoms with van der Waals surface area (Å²) in [6, 6.07) is 10.7. The van der Waals surface area contributed by atoms with E-state index >= 15 is 0 Å². The van der Waals surface area contributed by atoms with Crippen LogP contribution < -0.4 is 0 Å². The molecule has 1 aromatic rings. The molecule has 0 saturated carbocycles. The summed E-state index contributed by atoms with van der Waals surface area (Å²) in [5.74, 6) is 7.01. The van der Waals surface area contributed by atoms with Crippen molar-refractivity contribution in [3.05, 3.63) is 35.9 Å². The fourth-order valence-electron chi connectivity index (χ4n) is 1.64. The molecule has 0 aliphatic heterocycles. The summed E-state index contributed by atoms with van der Waals surface area (Å²) < 4.78 is 0. The van der Waals surface area contributed by atoms with Gasteiger partial charge >= 0.3 is 0 Å². The Morgan fingerprint density at radius 1 is 1.08 bits per heavy atom. The van der Waals surface area contributed by atoms with Gasteiger partial charge in [-0.25, -0.2) is 0 Å². The van der Waals surface area contributed by atoms with E-state index in [0.717, 1.165) is 12.8 Å². The average molecular weight is 156 g/mol. The van der Waals surface area contributed by atoms with Crippen LogP contribution in [0.3, 0.4) is 0 Å². The van der Waals surface area contributed by atoms with Crippen molar-refractivity contribution in [2.24, 2.45) is 0 Å². The molecule has 1 atom stereocenters.